The SMILES string of the molecule is CC(C)(c1ccc(OCCCCCCBr)cc1)c1cc(C(C)(C)c2ccc(OCCCCCCBr)cc2)cc(C(C)(C)c2ccc(OCCCCCCBr)cc2)c1. The molecule has 0 unspecified atom stereocenters. The van der Waals surface area contributed by atoms with Gasteiger partial charge in [-0.1, -0.05) is 182 Å². The van der Waals surface area contributed by atoms with Crippen LogP contribution >= 0.6 is 47.8 Å². The van der Waals surface area contributed by atoms with E-state index in [1.165, 1.54) is 91.2 Å². The molecule has 0 radical (unpaired) electrons. The molecule has 0 saturated heterocycles. The summed E-state index contributed by atoms with van der Waals surface area (Å²) in [7, 11) is 0. The van der Waals surface area contributed by atoms with Crippen molar-refractivity contribution < 1.29 is 14.2 Å². The quantitative estimate of drug-likeness (QED) is 0.0440. The van der Waals surface area contributed by atoms with Gasteiger partial charge in [-0.25, -0.2) is 0 Å². The first-order chi connectivity index (χ1) is 27.4. The third-order valence-corrected chi connectivity index (χ3v) is 13.4. The number of hydrogen-bond acceptors (Lipinski definition) is 3. The summed E-state index contributed by atoms with van der Waals surface area (Å²) in [6.07, 6.45) is 14.3. The minimum Gasteiger partial charge on any atom is -0.494 e. The van der Waals surface area contributed by atoms with Gasteiger partial charge < -0.3 is 14.2 Å². The predicted molar refractivity (Wildman–Crippen MR) is 255 cm³/mol. The van der Waals surface area contributed by atoms with Crippen molar-refractivity contribution in [1.29, 1.82) is 0 Å². The Hall–Kier alpha value is -2.28. The summed E-state index contributed by atoms with van der Waals surface area (Å²) in [5.74, 6) is 2.82. The second-order valence-corrected chi connectivity index (χ2v) is 19.5. The number of unbranched alkanes of at least 4 members (excludes halogenated alkanes) is 9. The second kappa shape index (κ2) is 24.1. The second-order valence-electron chi connectivity index (χ2n) is 17.1. The minimum atomic E-state index is -0.246. The van der Waals surface area contributed by atoms with Crippen molar-refractivity contribution in [3.63, 3.8) is 0 Å². The fourth-order valence-corrected chi connectivity index (χ4v) is 8.52. The number of halogens is 3. The highest BCUT2D eigenvalue weighted by Crippen LogP contribution is 2.42. The summed E-state index contributed by atoms with van der Waals surface area (Å²) in [6.45, 7) is 16.4. The van der Waals surface area contributed by atoms with E-state index < -0.39 is 0 Å². The lowest BCUT2D eigenvalue weighted by Crippen LogP contribution is -2.26. The Kier molecular flexibility index (Phi) is 20.0. The summed E-state index contributed by atoms with van der Waals surface area (Å²) in [5, 5.41) is 3.23. The van der Waals surface area contributed by atoms with Gasteiger partial charge in [0.25, 0.3) is 0 Å². The highest BCUT2D eigenvalue weighted by molar-refractivity contribution is 9.09. The van der Waals surface area contributed by atoms with Crippen molar-refractivity contribution in [3.05, 3.63) is 124 Å². The fraction of sp³-hybridized carbons (Fsp3) is 0.529. The van der Waals surface area contributed by atoms with Crippen LogP contribution in [0, 0.1) is 0 Å². The van der Waals surface area contributed by atoms with Gasteiger partial charge in [0.1, 0.15) is 17.2 Å². The van der Waals surface area contributed by atoms with E-state index in [1.807, 2.05) is 0 Å². The lowest BCUT2D eigenvalue weighted by molar-refractivity contribution is 0.305. The average molecular weight is 970 g/mol. The molecule has 312 valence electrons. The summed E-state index contributed by atoms with van der Waals surface area (Å²) in [6, 6.07) is 33.7. The van der Waals surface area contributed by atoms with E-state index in [4.69, 9.17) is 14.2 Å². The van der Waals surface area contributed by atoms with Crippen LogP contribution in [0.25, 0.3) is 0 Å². The molecule has 0 aromatic heterocycles. The fourth-order valence-electron chi connectivity index (χ4n) is 7.33. The molecule has 4 aromatic carbocycles. The Labute approximate surface area is 371 Å². The molecule has 0 aliphatic heterocycles. The average Bonchev–Trinajstić information content (AvgIpc) is 3.22. The monoisotopic (exact) mass is 966 g/mol. The van der Waals surface area contributed by atoms with Gasteiger partial charge >= 0.3 is 0 Å². The Bertz CT molecular complexity index is 1500. The lowest BCUT2D eigenvalue weighted by atomic mass is 9.69. The molecular formula is C51H69Br3O3. The van der Waals surface area contributed by atoms with E-state index in [1.54, 1.807) is 0 Å². The zero-order valence-corrected chi connectivity index (χ0v) is 40.5. The third-order valence-electron chi connectivity index (χ3n) is 11.7. The van der Waals surface area contributed by atoms with Crippen molar-refractivity contribution >= 4 is 47.8 Å². The summed E-state index contributed by atoms with van der Waals surface area (Å²) in [4.78, 5) is 0. The summed E-state index contributed by atoms with van der Waals surface area (Å²) >= 11 is 10.6. The molecule has 57 heavy (non-hydrogen) atoms. The molecule has 0 heterocycles. The summed E-state index contributed by atoms with van der Waals surface area (Å²) < 4.78 is 18.5. The molecular weight excluding hydrogens is 900 g/mol. The largest absolute Gasteiger partial charge is 0.494 e. The van der Waals surface area contributed by atoms with Gasteiger partial charge in [-0.2, -0.15) is 0 Å². The van der Waals surface area contributed by atoms with Crippen LogP contribution in [0.2, 0.25) is 0 Å². The van der Waals surface area contributed by atoms with E-state index in [0.717, 1.165) is 72.3 Å². The van der Waals surface area contributed by atoms with E-state index in [9.17, 15) is 0 Å². The Morgan fingerprint density at radius 3 is 0.772 bits per heavy atom. The standard InChI is InChI=1S/C51H69Br3O3/c1-49(2,40-19-25-46(26-20-40)55-34-16-10-7-13-31-52)43-37-44(50(3,4)41-21-27-47(28-22-41)56-35-17-11-8-14-32-53)39-45(38-43)51(5,6)42-23-29-48(30-24-42)57-36-18-12-9-15-33-54/h19-30,37-39H,7-18,31-36H2,1-6H3. The maximum atomic E-state index is 6.15. The Balaban J connectivity index is 1.62. The maximum Gasteiger partial charge on any atom is 0.119 e. The van der Waals surface area contributed by atoms with Crippen molar-refractivity contribution in [2.45, 2.75) is 135 Å². The van der Waals surface area contributed by atoms with Crippen LogP contribution < -0.4 is 14.2 Å². The maximum absolute atomic E-state index is 6.15. The molecule has 0 aliphatic rings. The molecule has 4 aromatic rings. The number of alkyl halides is 3. The first-order valence-electron chi connectivity index (χ1n) is 21.5. The molecule has 0 atom stereocenters. The molecule has 0 bridgehead atoms. The van der Waals surface area contributed by atoms with Crippen LogP contribution in [0.5, 0.6) is 17.2 Å². The zero-order chi connectivity index (χ0) is 41.2. The molecule has 0 amide bonds. The normalized spacial score (nSPS) is 12.2. The van der Waals surface area contributed by atoms with Crippen molar-refractivity contribution in [1.82, 2.24) is 0 Å². The van der Waals surface area contributed by atoms with Crippen molar-refractivity contribution in [3.8, 4) is 17.2 Å². The van der Waals surface area contributed by atoms with E-state index in [-0.39, 0.29) is 16.2 Å². The third kappa shape index (κ3) is 14.5. The molecule has 6 heteroatoms. The van der Waals surface area contributed by atoms with E-state index in [0.29, 0.717) is 0 Å². The molecule has 4 rings (SSSR count). The Morgan fingerprint density at radius 1 is 0.316 bits per heavy atom. The molecule has 0 spiro atoms. The zero-order valence-electron chi connectivity index (χ0n) is 35.7. The lowest BCUT2D eigenvalue weighted by Gasteiger charge is -2.35. The topological polar surface area (TPSA) is 27.7 Å². The first-order valence-corrected chi connectivity index (χ1v) is 24.8. The minimum absolute atomic E-state index is 0.246. The van der Waals surface area contributed by atoms with Gasteiger partial charge in [0.05, 0.1) is 19.8 Å². The number of hydrogen-bond donors (Lipinski definition) is 0. The van der Waals surface area contributed by atoms with Crippen LogP contribution in [-0.2, 0) is 16.2 Å². The smallest absolute Gasteiger partial charge is 0.119 e. The highest BCUT2D eigenvalue weighted by Gasteiger charge is 2.32. The van der Waals surface area contributed by atoms with Gasteiger partial charge in [-0.05, 0) is 108 Å². The Morgan fingerprint density at radius 2 is 0.544 bits per heavy atom. The molecule has 0 saturated carbocycles. The van der Waals surface area contributed by atoms with Gasteiger partial charge in [-0.3, -0.25) is 0 Å². The molecule has 0 N–H and O–H groups in total. The van der Waals surface area contributed by atoms with Gasteiger partial charge in [0.2, 0.25) is 0 Å². The number of rotatable bonds is 27. The summed E-state index contributed by atoms with van der Waals surface area (Å²) in [5.41, 5.74) is 6.98. The highest BCUT2D eigenvalue weighted by atomic mass is 79.9. The molecule has 0 fully saturated rings. The predicted octanol–water partition coefficient (Wildman–Crippen LogP) is 15.7. The van der Waals surface area contributed by atoms with Gasteiger partial charge in [-0.15, -0.1) is 0 Å². The number of ether oxygens (including phenoxy) is 3. The molecule has 3 nitrogen and oxygen atoms in total. The molecule has 0 aliphatic carbocycles. The van der Waals surface area contributed by atoms with Crippen LogP contribution in [-0.4, -0.2) is 35.8 Å². The van der Waals surface area contributed by atoms with Crippen LogP contribution in [0.15, 0.2) is 91.0 Å². The van der Waals surface area contributed by atoms with Crippen molar-refractivity contribution in [2.75, 3.05) is 35.8 Å². The van der Waals surface area contributed by atoms with Crippen LogP contribution in [0.1, 0.15) is 152 Å². The van der Waals surface area contributed by atoms with Crippen LogP contribution in [0.3, 0.4) is 0 Å². The van der Waals surface area contributed by atoms with Gasteiger partial charge in [0.15, 0.2) is 0 Å². The number of benzene rings is 4. The van der Waals surface area contributed by atoms with Crippen molar-refractivity contribution in [2.24, 2.45) is 0 Å². The van der Waals surface area contributed by atoms with E-state index in [2.05, 4.69) is 180 Å². The van der Waals surface area contributed by atoms with E-state index >= 15 is 0 Å². The first kappa shape index (κ1) is 47.4. The van der Waals surface area contributed by atoms with Crippen LogP contribution in [0.4, 0.5) is 0 Å². The van der Waals surface area contributed by atoms with Gasteiger partial charge in [0, 0.05) is 32.2 Å².